The normalized spacial score (nSPS) is 10.6. The summed E-state index contributed by atoms with van der Waals surface area (Å²) in [4.78, 5) is 7.25. The first-order valence-corrected chi connectivity index (χ1v) is 5.51. The van der Waals surface area contributed by atoms with Crippen LogP contribution in [0.3, 0.4) is 0 Å². The van der Waals surface area contributed by atoms with Crippen LogP contribution in [-0.4, -0.2) is 9.97 Å². The Morgan fingerprint density at radius 1 is 1.25 bits per heavy atom. The summed E-state index contributed by atoms with van der Waals surface area (Å²) in [6.45, 7) is 5.92. The lowest BCUT2D eigenvalue weighted by molar-refractivity contribution is 0.666. The van der Waals surface area contributed by atoms with Gasteiger partial charge in [0.15, 0.2) is 0 Å². The van der Waals surface area contributed by atoms with E-state index in [0.717, 1.165) is 18.9 Å². The molecule has 0 aliphatic rings. The van der Waals surface area contributed by atoms with Crippen molar-refractivity contribution in [1.82, 2.24) is 15.3 Å². The first-order chi connectivity index (χ1) is 7.75. The molecule has 0 saturated heterocycles. The van der Waals surface area contributed by atoms with Crippen LogP contribution in [0.25, 0.3) is 0 Å². The Kier molecular flexibility index (Phi) is 3.37. The molecule has 1 aromatic carbocycles. The molecule has 3 nitrogen and oxygen atoms in total. The topological polar surface area (TPSA) is 40.7 Å². The maximum absolute atomic E-state index is 4.17. The maximum Gasteiger partial charge on any atom is 0.120 e. The van der Waals surface area contributed by atoms with Crippen molar-refractivity contribution in [2.24, 2.45) is 0 Å². The number of rotatable bonds is 4. The number of aryl methyl sites for hydroxylation is 2. The number of aromatic nitrogens is 2. The van der Waals surface area contributed by atoms with Crippen molar-refractivity contribution in [3.05, 3.63) is 53.1 Å². The van der Waals surface area contributed by atoms with Gasteiger partial charge in [-0.1, -0.05) is 23.8 Å². The van der Waals surface area contributed by atoms with Crippen LogP contribution in [0.15, 0.2) is 30.6 Å². The van der Waals surface area contributed by atoms with Gasteiger partial charge >= 0.3 is 0 Å². The first kappa shape index (κ1) is 10.9. The maximum atomic E-state index is 4.17. The number of benzene rings is 1. The number of hydrogen-bond donors (Lipinski definition) is 2. The van der Waals surface area contributed by atoms with Crippen LogP contribution in [-0.2, 0) is 13.1 Å². The van der Waals surface area contributed by atoms with E-state index < -0.39 is 0 Å². The summed E-state index contributed by atoms with van der Waals surface area (Å²) in [5, 5.41) is 3.38. The molecule has 0 amide bonds. The molecule has 0 radical (unpaired) electrons. The molecule has 0 fully saturated rings. The Morgan fingerprint density at radius 2 is 2.12 bits per heavy atom. The Hall–Kier alpha value is -1.61. The fourth-order valence-electron chi connectivity index (χ4n) is 1.70. The standard InChI is InChI=1S/C13H17N3/c1-10-3-4-11(2)12(7-10)8-14-9-13-15-5-6-16-13/h3-7,14H,8-9H2,1-2H3,(H,15,16). The summed E-state index contributed by atoms with van der Waals surface area (Å²) in [6, 6.07) is 6.54. The minimum atomic E-state index is 0.778. The van der Waals surface area contributed by atoms with Gasteiger partial charge in [0.2, 0.25) is 0 Å². The molecule has 0 saturated carbocycles. The predicted octanol–water partition coefficient (Wildman–Crippen LogP) is 2.32. The zero-order valence-corrected chi connectivity index (χ0v) is 9.75. The molecule has 0 atom stereocenters. The summed E-state index contributed by atoms with van der Waals surface area (Å²) in [7, 11) is 0. The summed E-state index contributed by atoms with van der Waals surface area (Å²) >= 11 is 0. The van der Waals surface area contributed by atoms with Crippen molar-refractivity contribution in [2.45, 2.75) is 26.9 Å². The van der Waals surface area contributed by atoms with Crippen LogP contribution in [0.1, 0.15) is 22.5 Å². The molecule has 2 aromatic rings. The van der Waals surface area contributed by atoms with Crippen molar-refractivity contribution >= 4 is 0 Å². The lowest BCUT2D eigenvalue weighted by Crippen LogP contribution is -2.14. The Morgan fingerprint density at radius 3 is 2.88 bits per heavy atom. The fourth-order valence-corrected chi connectivity index (χ4v) is 1.70. The van der Waals surface area contributed by atoms with Crippen molar-refractivity contribution in [3.63, 3.8) is 0 Å². The van der Waals surface area contributed by atoms with Gasteiger partial charge in [0, 0.05) is 18.9 Å². The molecule has 1 heterocycles. The molecule has 2 rings (SSSR count). The van der Waals surface area contributed by atoms with Gasteiger partial charge in [0.05, 0.1) is 6.54 Å². The molecule has 0 bridgehead atoms. The molecule has 0 unspecified atom stereocenters. The van der Waals surface area contributed by atoms with Crippen molar-refractivity contribution in [2.75, 3.05) is 0 Å². The lowest BCUT2D eigenvalue weighted by Gasteiger charge is -2.07. The molecular formula is C13H17N3. The molecule has 0 spiro atoms. The van der Waals surface area contributed by atoms with Gasteiger partial charge in [0.1, 0.15) is 5.82 Å². The Labute approximate surface area is 95.9 Å². The third-order valence-corrected chi connectivity index (χ3v) is 2.67. The zero-order valence-electron chi connectivity index (χ0n) is 9.75. The third-order valence-electron chi connectivity index (χ3n) is 2.67. The first-order valence-electron chi connectivity index (χ1n) is 5.51. The number of imidazole rings is 1. The molecule has 84 valence electrons. The van der Waals surface area contributed by atoms with Crippen molar-refractivity contribution < 1.29 is 0 Å². The zero-order chi connectivity index (χ0) is 11.4. The summed E-state index contributed by atoms with van der Waals surface area (Å²) in [5.41, 5.74) is 3.99. The molecule has 0 aliphatic carbocycles. The minimum absolute atomic E-state index is 0.778. The number of nitrogens with zero attached hydrogens (tertiary/aromatic N) is 1. The van der Waals surface area contributed by atoms with Crippen LogP contribution >= 0.6 is 0 Å². The SMILES string of the molecule is Cc1ccc(C)c(CNCc2ncc[nH]2)c1. The third kappa shape index (κ3) is 2.70. The van der Waals surface area contributed by atoms with Gasteiger partial charge in [-0.3, -0.25) is 0 Å². The highest BCUT2D eigenvalue weighted by molar-refractivity contribution is 5.30. The predicted molar refractivity (Wildman–Crippen MR) is 65.0 cm³/mol. The molecule has 16 heavy (non-hydrogen) atoms. The van der Waals surface area contributed by atoms with Crippen LogP contribution < -0.4 is 5.32 Å². The number of H-pyrrole nitrogens is 1. The minimum Gasteiger partial charge on any atom is -0.348 e. The Balaban J connectivity index is 1.92. The van der Waals surface area contributed by atoms with E-state index in [-0.39, 0.29) is 0 Å². The number of aromatic amines is 1. The summed E-state index contributed by atoms with van der Waals surface area (Å²) < 4.78 is 0. The van der Waals surface area contributed by atoms with E-state index in [1.54, 1.807) is 6.20 Å². The summed E-state index contributed by atoms with van der Waals surface area (Å²) in [5.74, 6) is 0.977. The van der Waals surface area contributed by atoms with Crippen LogP contribution in [0, 0.1) is 13.8 Å². The van der Waals surface area contributed by atoms with E-state index in [2.05, 4.69) is 47.3 Å². The fraction of sp³-hybridized carbons (Fsp3) is 0.308. The smallest absolute Gasteiger partial charge is 0.120 e. The van der Waals surface area contributed by atoms with Gasteiger partial charge in [-0.15, -0.1) is 0 Å². The second-order valence-electron chi connectivity index (χ2n) is 4.07. The highest BCUT2D eigenvalue weighted by atomic mass is 15.0. The van der Waals surface area contributed by atoms with Crippen molar-refractivity contribution in [1.29, 1.82) is 0 Å². The van der Waals surface area contributed by atoms with E-state index in [0.29, 0.717) is 0 Å². The summed E-state index contributed by atoms with van der Waals surface area (Å²) in [6.07, 6.45) is 3.61. The number of hydrogen-bond acceptors (Lipinski definition) is 2. The largest absolute Gasteiger partial charge is 0.348 e. The highest BCUT2D eigenvalue weighted by Crippen LogP contribution is 2.10. The van der Waals surface area contributed by atoms with E-state index in [9.17, 15) is 0 Å². The van der Waals surface area contributed by atoms with Crippen LogP contribution in [0.4, 0.5) is 0 Å². The van der Waals surface area contributed by atoms with Gasteiger partial charge < -0.3 is 10.3 Å². The second kappa shape index (κ2) is 4.94. The molecule has 3 heteroatoms. The van der Waals surface area contributed by atoms with E-state index in [1.165, 1.54) is 16.7 Å². The van der Waals surface area contributed by atoms with E-state index >= 15 is 0 Å². The quantitative estimate of drug-likeness (QED) is 0.821. The Bertz CT molecular complexity index is 446. The average molecular weight is 215 g/mol. The van der Waals surface area contributed by atoms with Gasteiger partial charge in [-0.05, 0) is 25.0 Å². The van der Waals surface area contributed by atoms with E-state index in [1.807, 2.05) is 6.20 Å². The molecular weight excluding hydrogens is 198 g/mol. The molecule has 2 N–H and O–H groups in total. The van der Waals surface area contributed by atoms with E-state index in [4.69, 9.17) is 0 Å². The van der Waals surface area contributed by atoms with Gasteiger partial charge in [-0.25, -0.2) is 4.98 Å². The van der Waals surface area contributed by atoms with Crippen LogP contribution in [0.2, 0.25) is 0 Å². The number of nitrogens with one attached hydrogen (secondary N) is 2. The van der Waals surface area contributed by atoms with Gasteiger partial charge in [0.25, 0.3) is 0 Å². The second-order valence-corrected chi connectivity index (χ2v) is 4.07. The van der Waals surface area contributed by atoms with Crippen LogP contribution in [0.5, 0.6) is 0 Å². The van der Waals surface area contributed by atoms with Gasteiger partial charge in [-0.2, -0.15) is 0 Å². The average Bonchev–Trinajstić information content (AvgIpc) is 2.76. The van der Waals surface area contributed by atoms with Crippen molar-refractivity contribution in [3.8, 4) is 0 Å². The molecule has 1 aromatic heterocycles. The highest BCUT2D eigenvalue weighted by Gasteiger charge is 1.99. The molecule has 0 aliphatic heterocycles. The lowest BCUT2D eigenvalue weighted by atomic mass is 10.1. The monoisotopic (exact) mass is 215 g/mol.